The number of aliphatic hydroxyl groups excluding tert-OH is 3. The van der Waals surface area contributed by atoms with Crippen LogP contribution in [-0.2, 0) is 19.0 Å². The van der Waals surface area contributed by atoms with Crippen LogP contribution in [0.3, 0.4) is 0 Å². The standard InChI is InChI=1S/C20H20O7/c21-11-9-18(20-15(23)8-7-14(22)19(20,27-20)17(11)24)25-12-5-1-3-10-4-2-6-13(26-18)16(10)12/h1,3,5-6,9,12,14-16,21-23H,2,4,7-8H2/t12?,14?,15?,16?,18-,19?,20?/m0/s1. The van der Waals surface area contributed by atoms with Crippen molar-refractivity contribution in [3.05, 3.63) is 47.5 Å². The van der Waals surface area contributed by atoms with Crippen LogP contribution in [0.1, 0.15) is 25.7 Å². The summed E-state index contributed by atoms with van der Waals surface area (Å²) in [5, 5.41) is 31.8. The Kier molecular flexibility index (Phi) is 2.81. The van der Waals surface area contributed by atoms with Gasteiger partial charge in [-0.25, -0.2) is 0 Å². The average molecular weight is 372 g/mol. The fourth-order valence-corrected chi connectivity index (χ4v) is 5.70. The maximum atomic E-state index is 12.7. The van der Waals surface area contributed by atoms with Gasteiger partial charge in [0, 0.05) is 6.08 Å². The van der Waals surface area contributed by atoms with E-state index in [2.05, 4.69) is 6.08 Å². The second-order valence-corrected chi connectivity index (χ2v) is 8.14. The molecule has 27 heavy (non-hydrogen) atoms. The number of allylic oxidation sites excluding steroid dienone is 3. The van der Waals surface area contributed by atoms with Crippen molar-refractivity contribution in [1.82, 2.24) is 0 Å². The number of hydrogen-bond acceptors (Lipinski definition) is 7. The van der Waals surface area contributed by atoms with Crippen LogP contribution in [0.5, 0.6) is 0 Å². The molecule has 2 aliphatic heterocycles. The van der Waals surface area contributed by atoms with E-state index in [-0.39, 0.29) is 24.9 Å². The largest absolute Gasteiger partial charge is 0.504 e. The monoisotopic (exact) mass is 372 g/mol. The molecule has 7 atom stereocenters. The predicted octanol–water partition coefficient (Wildman–Crippen LogP) is 0.936. The van der Waals surface area contributed by atoms with Gasteiger partial charge in [-0.3, -0.25) is 4.79 Å². The fraction of sp³-hybridized carbons (Fsp3) is 0.550. The van der Waals surface area contributed by atoms with Gasteiger partial charge in [0.05, 0.1) is 24.2 Å². The highest BCUT2D eigenvalue weighted by molar-refractivity contribution is 6.06. The van der Waals surface area contributed by atoms with E-state index in [1.54, 1.807) is 0 Å². The summed E-state index contributed by atoms with van der Waals surface area (Å²) in [6, 6.07) is 0. The third-order valence-electron chi connectivity index (χ3n) is 6.90. The zero-order valence-electron chi connectivity index (χ0n) is 14.5. The van der Waals surface area contributed by atoms with Gasteiger partial charge < -0.3 is 29.5 Å². The van der Waals surface area contributed by atoms with Crippen LogP contribution in [0.25, 0.3) is 0 Å². The second kappa shape index (κ2) is 4.72. The molecule has 6 aliphatic rings. The molecule has 6 rings (SSSR count). The Bertz CT molecular complexity index is 885. The number of carbonyl (C=O) groups excluding carboxylic acids is 1. The smallest absolute Gasteiger partial charge is 0.269 e. The molecular formula is C20H20O7. The van der Waals surface area contributed by atoms with E-state index in [9.17, 15) is 20.1 Å². The molecule has 7 heteroatoms. The van der Waals surface area contributed by atoms with E-state index in [1.165, 1.54) is 11.6 Å². The van der Waals surface area contributed by atoms with Crippen molar-refractivity contribution in [2.45, 2.75) is 61.0 Å². The molecule has 3 N–H and O–H groups in total. The SMILES string of the molecule is O=C1C(O)=C[C@]2(OC3=CCCC4=CC=CC(O2)C43)C23OC12C(O)CCC3O. The first kappa shape index (κ1) is 16.1. The van der Waals surface area contributed by atoms with Crippen molar-refractivity contribution < 1.29 is 34.3 Å². The first-order chi connectivity index (χ1) is 13.0. The molecule has 0 radical (unpaired) electrons. The van der Waals surface area contributed by atoms with Crippen molar-refractivity contribution in [1.29, 1.82) is 0 Å². The van der Waals surface area contributed by atoms with Crippen molar-refractivity contribution in [2.24, 2.45) is 5.92 Å². The minimum atomic E-state index is -1.73. The molecule has 0 aromatic rings. The highest BCUT2D eigenvalue weighted by Crippen LogP contribution is 2.69. The first-order valence-electron chi connectivity index (χ1n) is 9.42. The van der Waals surface area contributed by atoms with Gasteiger partial charge in [-0.1, -0.05) is 23.8 Å². The Morgan fingerprint density at radius 1 is 1.19 bits per heavy atom. The molecule has 1 spiro atoms. The van der Waals surface area contributed by atoms with Gasteiger partial charge >= 0.3 is 0 Å². The molecule has 0 aromatic heterocycles. The lowest BCUT2D eigenvalue weighted by Gasteiger charge is -2.52. The first-order valence-corrected chi connectivity index (χ1v) is 9.42. The Morgan fingerprint density at radius 3 is 2.85 bits per heavy atom. The number of aliphatic hydroxyl groups is 3. The lowest BCUT2D eigenvalue weighted by molar-refractivity contribution is -0.291. The Morgan fingerprint density at radius 2 is 2.00 bits per heavy atom. The summed E-state index contributed by atoms with van der Waals surface area (Å²) in [7, 11) is 0. The molecule has 2 heterocycles. The Balaban J connectivity index is 1.55. The van der Waals surface area contributed by atoms with Crippen LogP contribution in [0.4, 0.5) is 0 Å². The third-order valence-corrected chi connectivity index (χ3v) is 6.90. The molecule has 2 saturated heterocycles. The summed E-state index contributed by atoms with van der Waals surface area (Å²) >= 11 is 0. The van der Waals surface area contributed by atoms with E-state index in [4.69, 9.17) is 14.2 Å². The zero-order valence-corrected chi connectivity index (χ0v) is 14.5. The van der Waals surface area contributed by atoms with Crippen LogP contribution in [0.15, 0.2) is 47.5 Å². The van der Waals surface area contributed by atoms with Gasteiger partial charge in [-0.15, -0.1) is 0 Å². The summed E-state index contributed by atoms with van der Waals surface area (Å²) in [5.74, 6) is -2.34. The quantitative estimate of drug-likeness (QED) is 0.543. The van der Waals surface area contributed by atoms with E-state index < -0.39 is 40.7 Å². The van der Waals surface area contributed by atoms with Gasteiger partial charge in [-0.2, -0.15) is 0 Å². The molecule has 7 nitrogen and oxygen atoms in total. The second-order valence-electron chi connectivity index (χ2n) is 8.14. The van der Waals surface area contributed by atoms with Gasteiger partial charge in [0.15, 0.2) is 11.4 Å². The Hall–Kier alpha value is -1.93. The van der Waals surface area contributed by atoms with Crippen molar-refractivity contribution >= 4 is 5.78 Å². The van der Waals surface area contributed by atoms with Crippen molar-refractivity contribution in [3.8, 4) is 0 Å². The summed E-state index contributed by atoms with van der Waals surface area (Å²) in [6.45, 7) is 0. The minimum absolute atomic E-state index is 0.0576. The van der Waals surface area contributed by atoms with Crippen molar-refractivity contribution in [2.75, 3.05) is 0 Å². The van der Waals surface area contributed by atoms with Gasteiger partial charge in [0.25, 0.3) is 5.79 Å². The number of rotatable bonds is 0. The van der Waals surface area contributed by atoms with Gasteiger partial charge in [-0.05, 0) is 31.8 Å². The van der Waals surface area contributed by atoms with Crippen LogP contribution >= 0.6 is 0 Å². The normalized spacial score (nSPS) is 51.9. The number of ether oxygens (including phenoxy) is 3. The molecule has 142 valence electrons. The molecule has 0 aromatic carbocycles. The maximum Gasteiger partial charge on any atom is 0.269 e. The summed E-state index contributed by atoms with van der Waals surface area (Å²) in [6.07, 6.45) is 8.68. The molecule has 6 unspecified atom stereocenters. The number of hydrogen-bond donors (Lipinski definition) is 3. The van der Waals surface area contributed by atoms with E-state index in [1.807, 2.05) is 18.2 Å². The molecule has 0 amide bonds. The van der Waals surface area contributed by atoms with Crippen LogP contribution in [0, 0.1) is 5.92 Å². The third kappa shape index (κ3) is 1.58. The number of ketones is 1. The molecule has 4 aliphatic carbocycles. The predicted molar refractivity (Wildman–Crippen MR) is 90.2 cm³/mol. The van der Waals surface area contributed by atoms with E-state index in [0.717, 1.165) is 12.8 Å². The van der Waals surface area contributed by atoms with Gasteiger partial charge in [0.2, 0.25) is 11.4 Å². The number of Topliss-reactive ketones (excluding diaryl/α,β-unsaturated/α-hetero) is 1. The highest BCUT2D eigenvalue weighted by Gasteiger charge is 2.93. The summed E-state index contributed by atoms with van der Waals surface area (Å²) < 4.78 is 18.5. The molecular weight excluding hydrogens is 352 g/mol. The van der Waals surface area contributed by atoms with Gasteiger partial charge in [0.1, 0.15) is 5.76 Å². The minimum Gasteiger partial charge on any atom is -0.504 e. The van der Waals surface area contributed by atoms with Crippen molar-refractivity contribution in [3.63, 3.8) is 0 Å². The fourth-order valence-electron chi connectivity index (χ4n) is 5.70. The number of carbonyl (C=O) groups is 1. The van der Waals surface area contributed by atoms with E-state index >= 15 is 0 Å². The van der Waals surface area contributed by atoms with Crippen LogP contribution in [-0.4, -0.2) is 56.4 Å². The van der Waals surface area contributed by atoms with Crippen LogP contribution in [0.2, 0.25) is 0 Å². The average Bonchev–Trinajstić information content (AvgIpc) is 3.39. The number of epoxide rings is 1. The lowest BCUT2D eigenvalue weighted by atomic mass is 9.65. The molecule has 3 fully saturated rings. The molecule has 0 bridgehead atoms. The topological polar surface area (TPSA) is 109 Å². The molecule has 1 saturated carbocycles. The zero-order chi connectivity index (χ0) is 18.6. The van der Waals surface area contributed by atoms with E-state index in [0.29, 0.717) is 5.76 Å². The maximum absolute atomic E-state index is 12.7. The lowest BCUT2D eigenvalue weighted by Crippen LogP contribution is -2.69. The highest BCUT2D eigenvalue weighted by atomic mass is 16.8. The summed E-state index contributed by atoms with van der Waals surface area (Å²) in [4.78, 5) is 12.7. The Labute approximate surface area is 155 Å². The summed E-state index contributed by atoms with van der Waals surface area (Å²) in [5.41, 5.74) is -2.10. The van der Waals surface area contributed by atoms with Crippen LogP contribution < -0.4 is 0 Å².